The van der Waals surface area contributed by atoms with E-state index in [-0.39, 0.29) is 0 Å². The van der Waals surface area contributed by atoms with Gasteiger partial charge in [0.05, 0.1) is 5.09 Å². The van der Waals surface area contributed by atoms with Crippen LogP contribution in [0.25, 0.3) is 0 Å². The van der Waals surface area contributed by atoms with E-state index in [2.05, 4.69) is 0 Å². The number of nitrogens with zero attached hydrogens (tertiary/aromatic N) is 1. The van der Waals surface area contributed by atoms with Crippen molar-refractivity contribution < 1.29 is 41.2 Å². The standard InChI is InChI=1S/Dy.NO3.HN/c;2-1(3)4;/h;;1H/q+1;-1;. The molecule has 0 unspecified atom stereocenters. The van der Waals surface area contributed by atoms with Crippen molar-refractivity contribution in [1.82, 2.24) is 0 Å². The minimum atomic E-state index is -1.75. The molecule has 0 fully saturated rings. The maximum absolute atomic E-state index is 8.25. The van der Waals surface area contributed by atoms with Crippen molar-refractivity contribution in [1.29, 1.82) is 1.76 Å². The van der Waals surface area contributed by atoms with E-state index in [1.54, 1.807) is 0 Å². The molecule has 0 saturated carbocycles. The van der Waals surface area contributed by atoms with Crippen molar-refractivity contribution in [2.75, 3.05) is 0 Å². The predicted molar refractivity (Wildman–Crippen MR) is 13.1 cm³/mol. The SMILES string of the molecule is O=[N+]([O-])[O-].[NH]=[Dy+]. The van der Waals surface area contributed by atoms with E-state index in [0.29, 0.717) is 0 Å². The average molecular weight is 240 g/mol. The molecule has 0 aromatic heterocycles. The second kappa shape index (κ2) is 8.99. The van der Waals surface area contributed by atoms with Crippen LogP contribution < -0.4 is 0 Å². The molecule has 39 valence electrons. The fourth-order valence-electron chi connectivity index (χ4n) is 0. The molecular weight excluding hydrogens is 239 g/mol. The van der Waals surface area contributed by atoms with Gasteiger partial charge in [0.25, 0.3) is 0 Å². The van der Waals surface area contributed by atoms with Gasteiger partial charge in [-0.1, -0.05) is 0 Å². The second-order valence-electron chi connectivity index (χ2n) is 0.224. The van der Waals surface area contributed by atoms with Gasteiger partial charge in [-0.25, -0.2) is 0 Å². The third-order valence-electron chi connectivity index (χ3n) is 0. The summed E-state index contributed by atoms with van der Waals surface area (Å²) in [4.78, 5) is 8.25. The van der Waals surface area contributed by atoms with Gasteiger partial charge in [0, 0.05) is 0 Å². The zero-order chi connectivity index (χ0) is 5.58. The molecule has 1 N–H and O–H groups in total. The van der Waals surface area contributed by atoms with E-state index in [0.717, 1.165) is 0 Å². The molecule has 6 heavy (non-hydrogen) atoms. The molecular formula is HDyN2O3. The minimum absolute atomic E-state index is 1.39. The summed E-state index contributed by atoms with van der Waals surface area (Å²) in [6.45, 7) is 0. The Bertz CT molecular complexity index is 40.1. The first kappa shape index (κ1) is 9.55. The van der Waals surface area contributed by atoms with E-state index < -0.39 is 5.09 Å². The van der Waals surface area contributed by atoms with E-state index in [1.165, 1.54) is 36.1 Å². The normalized spacial score (nSPS) is 4.83. The Hall–Kier alpha value is 0.273. The van der Waals surface area contributed by atoms with Gasteiger partial charge in [0.1, 0.15) is 0 Å². The summed E-state index contributed by atoms with van der Waals surface area (Å²) < 4.78 is 5.72. The third kappa shape index (κ3) is 615. The maximum atomic E-state index is 8.25. The Morgan fingerprint density at radius 1 is 1.50 bits per heavy atom. The predicted octanol–water partition coefficient (Wildman–Crippen LogP) is 0.0590. The zero-order valence-corrected chi connectivity index (χ0v) is 4.52. The van der Waals surface area contributed by atoms with E-state index in [4.69, 9.17) is 17.1 Å². The average Bonchev–Trinajstić information content (AvgIpc) is 1.41. The van der Waals surface area contributed by atoms with Crippen molar-refractivity contribution in [2.24, 2.45) is 0 Å². The summed E-state index contributed by atoms with van der Waals surface area (Å²) in [5.41, 5.74) is 0. The number of hydrogen-bond donors (Lipinski definition) is 1. The first-order valence-electron chi connectivity index (χ1n) is 0.706. The van der Waals surface area contributed by atoms with Gasteiger partial charge < -0.3 is 15.3 Å². The summed E-state index contributed by atoms with van der Waals surface area (Å²) in [6, 6.07) is 0. The molecule has 6 heteroatoms. The second-order valence-corrected chi connectivity index (χ2v) is 0.224. The molecule has 0 aliphatic heterocycles. The monoisotopic (exact) mass is 241 g/mol. The van der Waals surface area contributed by atoms with Gasteiger partial charge in [0.2, 0.25) is 0 Å². The van der Waals surface area contributed by atoms with Gasteiger partial charge in [-0.2, -0.15) is 0 Å². The summed E-state index contributed by atoms with van der Waals surface area (Å²) >= 11 is 1.39. The Balaban J connectivity index is 0. The number of hydrogen-bond acceptors (Lipinski definition) is 4. The van der Waals surface area contributed by atoms with Crippen molar-refractivity contribution >= 4 is 0 Å². The molecule has 0 spiro atoms. The summed E-state index contributed by atoms with van der Waals surface area (Å²) in [7, 11) is 0. The van der Waals surface area contributed by atoms with Crippen molar-refractivity contribution in [3.63, 3.8) is 0 Å². The fourth-order valence-corrected chi connectivity index (χ4v) is 0. The quantitative estimate of drug-likeness (QED) is 0.479. The van der Waals surface area contributed by atoms with Crippen LogP contribution in [0, 0.1) is 53.2 Å². The van der Waals surface area contributed by atoms with E-state index in [9.17, 15) is 0 Å². The van der Waals surface area contributed by atoms with Crippen molar-refractivity contribution in [2.45, 2.75) is 0 Å². The third-order valence-corrected chi connectivity index (χ3v) is 0. The van der Waals surface area contributed by atoms with Crippen molar-refractivity contribution in [3.8, 4) is 0 Å². The van der Waals surface area contributed by atoms with Crippen LogP contribution in [0.1, 0.15) is 0 Å². The number of nitrogens with one attached hydrogen (secondary N) is 1. The van der Waals surface area contributed by atoms with Crippen LogP contribution in [0.3, 0.4) is 0 Å². The first-order chi connectivity index (χ1) is 2.73. The first-order valence-corrected chi connectivity index (χ1v) is 1.72. The summed E-state index contributed by atoms with van der Waals surface area (Å²) in [5, 5.41) is 14.8. The number of rotatable bonds is 0. The molecule has 0 aromatic carbocycles. The molecule has 0 aromatic rings. The van der Waals surface area contributed by atoms with Crippen LogP contribution in [0.15, 0.2) is 0 Å². The van der Waals surface area contributed by atoms with Gasteiger partial charge in [0.15, 0.2) is 0 Å². The topological polar surface area (TPSA) is 90.1 Å². The summed E-state index contributed by atoms with van der Waals surface area (Å²) in [6.07, 6.45) is 0. The molecule has 5 nitrogen and oxygen atoms in total. The van der Waals surface area contributed by atoms with E-state index in [1.807, 2.05) is 0 Å². The molecule has 0 radical (unpaired) electrons. The Morgan fingerprint density at radius 2 is 1.50 bits per heavy atom. The Labute approximate surface area is 58.0 Å². The molecule has 0 heterocycles. The Kier molecular flexibility index (Phi) is 14.3. The van der Waals surface area contributed by atoms with Gasteiger partial charge in [-0.3, -0.25) is 0 Å². The summed E-state index contributed by atoms with van der Waals surface area (Å²) in [5.74, 6) is 0. The van der Waals surface area contributed by atoms with Crippen LogP contribution in [0.4, 0.5) is 0 Å². The van der Waals surface area contributed by atoms with Crippen LogP contribution in [-0.2, 0) is 0 Å². The van der Waals surface area contributed by atoms with Gasteiger partial charge in [-0.05, 0) is 0 Å². The van der Waals surface area contributed by atoms with Crippen LogP contribution >= 0.6 is 0 Å². The van der Waals surface area contributed by atoms with Crippen LogP contribution in [0.2, 0.25) is 0 Å². The van der Waals surface area contributed by atoms with Gasteiger partial charge >= 0.3 is 37.9 Å². The van der Waals surface area contributed by atoms with Crippen molar-refractivity contribution in [3.05, 3.63) is 15.3 Å². The molecule has 0 saturated heterocycles. The van der Waals surface area contributed by atoms with E-state index >= 15 is 0 Å². The van der Waals surface area contributed by atoms with Gasteiger partial charge in [-0.15, -0.1) is 0 Å². The molecule has 0 atom stereocenters. The van der Waals surface area contributed by atoms with Crippen LogP contribution in [0.5, 0.6) is 0 Å². The van der Waals surface area contributed by atoms with Crippen LogP contribution in [-0.4, -0.2) is 5.09 Å². The fraction of sp³-hybridized carbons (Fsp3) is 0. The molecule has 0 bridgehead atoms. The molecule has 0 aliphatic carbocycles. The zero-order valence-electron chi connectivity index (χ0n) is 2.49. The molecule has 0 rings (SSSR count). The Morgan fingerprint density at radius 3 is 1.50 bits per heavy atom. The molecule has 0 aliphatic rings. The molecule has 0 amide bonds.